The highest BCUT2D eigenvalue weighted by molar-refractivity contribution is 4.85. The molecule has 0 bridgehead atoms. The van der Waals surface area contributed by atoms with E-state index >= 15 is 0 Å². The molecule has 1 heterocycles. The molecule has 0 radical (unpaired) electrons. The van der Waals surface area contributed by atoms with E-state index in [4.69, 9.17) is 4.74 Å². The molecule has 1 saturated heterocycles. The normalized spacial score (nSPS) is 22.2. The number of ether oxygens (including phenoxy) is 1. The van der Waals surface area contributed by atoms with Crippen LogP contribution < -0.4 is 5.32 Å². The first kappa shape index (κ1) is 11.0. The molecule has 1 rings (SSSR count). The molecule has 0 unspecified atom stereocenters. The van der Waals surface area contributed by atoms with Gasteiger partial charge in [-0.25, -0.2) is 0 Å². The maximum absolute atomic E-state index is 5.41. The molecular formula is C10H22N2O. The molecule has 0 aromatic rings. The minimum absolute atomic E-state index is 0.441. The van der Waals surface area contributed by atoms with Crippen molar-refractivity contribution >= 4 is 0 Å². The summed E-state index contributed by atoms with van der Waals surface area (Å²) >= 11 is 0. The van der Waals surface area contributed by atoms with Crippen LogP contribution in [0.3, 0.4) is 0 Å². The SMILES string of the molecule is CNCC1(CN(C)C)CCOCC1. The Morgan fingerprint density at radius 3 is 2.38 bits per heavy atom. The first-order valence-corrected chi connectivity index (χ1v) is 5.06. The molecule has 0 atom stereocenters. The fourth-order valence-corrected chi connectivity index (χ4v) is 2.24. The minimum Gasteiger partial charge on any atom is -0.381 e. The van der Waals surface area contributed by atoms with Gasteiger partial charge in [-0.3, -0.25) is 0 Å². The minimum atomic E-state index is 0.441. The van der Waals surface area contributed by atoms with Crippen LogP contribution in [0.15, 0.2) is 0 Å². The van der Waals surface area contributed by atoms with Gasteiger partial charge in [0.05, 0.1) is 0 Å². The molecule has 0 saturated carbocycles. The highest BCUT2D eigenvalue weighted by Crippen LogP contribution is 2.30. The van der Waals surface area contributed by atoms with Gasteiger partial charge in [0.2, 0.25) is 0 Å². The molecule has 0 aromatic carbocycles. The van der Waals surface area contributed by atoms with E-state index in [9.17, 15) is 0 Å². The lowest BCUT2D eigenvalue weighted by molar-refractivity contribution is 0.00352. The lowest BCUT2D eigenvalue weighted by Gasteiger charge is -2.39. The average Bonchev–Trinajstić information content (AvgIpc) is 2.04. The van der Waals surface area contributed by atoms with Crippen molar-refractivity contribution in [1.29, 1.82) is 0 Å². The first-order chi connectivity index (χ1) is 6.18. The van der Waals surface area contributed by atoms with E-state index in [0.717, 1.165) is 26.3 Å². The highest BCUT2D eigenvalue weighted by atomic mass is 16.5. The Labute approximate surface area is 81.4 Å². The van der Waals surface area contributed by atoms with E-state index in [1.807, 2.05) is 7.05 Å². The zero-order valence-corrected chi connectivity index (χ0v) is 9.10. The molecule has 1 aliphatic heterocycles. The summed E-state index contributed by atoms with van der Waals surface area (Å²) in [5.41, 5.74) is 0.441. The first-order valence-electron chi connectivity index (χ1n) is 5.06. The highest BCUT2D eigenvalue weighted by Gasteiger charge is 2.32. The third kappa shape index (κ3) is 3.25. The number of rotatable bonds is 4. The van der Waals surface area contributed by atoms with E-state index in [-0.39, 0.29) is 0 Å². The number of hydrogen-bond donors (Lipinski definition) is 1. The van der Waals surface area contributed by atoms with Crippen molar-refractivity contribution in [3.63, 3.8) is 0 Å². The van der Waals surface area contributed by atoms with Gasteiger partial charge in [-0.05, 0) is 39.4 Å². The van der Waals surface area contributed by atoms with Gasteiger partial charge in [0.25, 0.3) is 0 Å². The van der Waals surface area contributed by atoms with E-state index in [1.165, 1.54) is 12.8 Å². The molecular weight excluding hydrogens is 164 g/mol. The summed E-state index contributed by atoms with van der Waals surface area (Å²) in [5, 5.41) is 3.30. The molecule has 13 heavy (non-hydrogen) atoms. The lowest BCUT2D eigenvalue weighted by Crippen LogP contribution is -2.44. The van der Waals surface area contributed by atoms with E-state index in [0.29, 0.717) is 5.41 Å². The average molecular weight is 186 g/mol. The van der Waals surface area contributed by atoms with Crippen LogP contribution in [0.1, 0.15) is 12.8 Å². The fraction of sp³-hybridized carbons (Fsp3) is 1.00. The second kappa shape index (κ2) is 4.94. The standard InChI is InChI=1S/C10H22N2O/c1-11-8-10(9-12(2)3)4-6-13-7-5-10/h11H,4-9H2,1-3H3. The van der Waals surface area contributed by atoms with Crippen LogP contribution >= 0.6 is 0 Å². The Morgan fingerprint density at radius 1 is 1.31 bits per heavy atom. The molecule has 1 fully saturated rings. The molecule has 3 nitrogen and oxygen atoms in total. The molecule has 1 aliphatic rings. The van der Waals surface area contributed by atoms with Crippen LogP contribution in [0.25, 0.3) is 0 Å². The molecule has 0 aliphatic carbocycles. The number of hydrogen-bond acceptors (Lipinski definition) is 3. The van der Waals surface area contributed by atoms with Crippen LogP contribution in [0.2, 0.25) is 0 Å². The van der Waals surface area contributed by atoms with Crippen molar-refractivity contribution in [2.45, 2.75) is 12.8 Å². The van der Waals surface area contributed by atoms with Gasteiger partial charge in [-0.1, -0.05) is 0 Å². The van der Waals surface area contributed by atoms with E-state index in [2.05, 4.69) is 24.3 Å². The van der Waals surface area contributed by atoms with Gasteiger partial charge in [0.15, 0.2) is 0 Å². The van der Waals surface area contributed by atoms with Crippen LogP contribution in [0, 0.1) is 5.41 Å². The van der Waals surface area contributed by atoms with E-state index in [1.54, 1.807) is 0 Å². The van der Waals surface area contributed by atoms with Crippen LogP contribution in [0.5, 0.6) is 0 Å². The van der Waals surface area contributed by atoms with Gasteiger partial charge in [-0.15, -0.1) is 0 Å². The Hall–Kier alpha value is -0.120. The smallest absolute Gasteiger partial charge is 0.0472 e. The molecule has 78 valence electrons. The van der Waals surface area contributed by atoms with Gasteiger partial charge in [0.1, 0.15) is 0 Å². The predicted octanol–water partition coefficient (Wildman–Crippen LogP) is 0.564. The Kier molecular flexibility index (Phi) is 4.16. The predicted molar refractivity (Wildman–Crippen MR) is 55.0 cm³/mol. The zero-order valence-electron chi connectivity index (χ0n) is 9.10. The van der Waals surface area contributed by atoms with Crippen LogP contribution in [-0.2, 0) is 4.74 Å². The third-order valence-electron chi connectivity index (χ3n) is 2.76. The monoisotopic (exact) mass is 186 g/mol. The van der Waals surface area contributed by atoms with Crippen molar-refractivity contribution in [2.24, 2.45) is 5.41 Å². The van der Waals surface area contributed by atoms with Crippen molar-refractivity contribution in [3.05, 3.63) is 0 Å². The third-order valence-corrected chi connectivity index (χ3v) is 2.76. The summed E-state index contributed by atoms with van der Waals surface area (Å²) in [6, 6.07) is 0. The summed E-state index contributed by atoms with van der Waals surface area (Å²) in [7, 11) is 6.33. The second-order valence-electron chi connectivity index (χ2n) is 4.38. The number of nitrogens with one attached hydrogen (secondary N) is 1. The Balaban J connectivity index is 2.50. The summed E-state index contributed by atoms with van der Waals surface area (Å²) < 4.78 is 5.41. The quantitative estimate of drug-likeness (QED) is 0.694. The topological polar surface area (TPSA) is 24.5 Å². The second-order valence-corrected chi connectivity index (χ2v) is 4.38. The summed E-state index contributed by atoms with van der Waals surface area (Å²) in [5.74, 6) is 0. The molecule has 3 heteroatoms. The van der Waals surface area contributed by atoms with Crippen molar-refractivity contribution in [3.8, 4) is 0 Å². The maximum atomic E-state index is 5.41. The van der Waals surface area contributed by atoms with Gasteiger partial charge in [-0.2, -0.15) is 0 Å². The summed E-state index contributed by atoms with van der Waals surface area (Å²) in [6.07, 6.45) is 2.37. The maximum Gasteiger partial charge on any atom is 0.0472 e. The Morgan fingerprint density at radius 2 is 1.92 bits per heavy atom. The zero-order chi connectivity index (χ0) is 9.73. The molecule has 0 amide bonds. The molecule has 0 spiro atoms. The van der Waals surface area contributed by atoms with Gasteiger partial charge < -0.3 is 15.0 Å². The summed E-state index contributed by atoms with van der Waals surface area (Å²) in [4.78, 5) is 2.28. The van der Waals surface area contributed by atoms with Crippen molar-refractivity contribution in [2.75, 3.05) is 47.4 Å². The van der Waals surface area contributed by atoms with Gasteiger partial charge in [0, 0.05) is 26.3 Å². The molecule has 0 aromatic heterocycles. The number of nitrogens with zero attached hydrogens (tertiary/aromatic N) is 1. The summed E-state index contributed by atoms with van der Waals surface area (Å²) in [6.45, 7) is 4.12. The Bertz CT molecular complexity index is 136. The van der Waals surface area contributed by atoms with Crippen molar-refractivity contribution < 1.29 is 4.74 Å². The van der Waals surface area contributed by atoms with E-state index < -0.39 is 0 Å². The van der Waals surface area contributed by atoms with Crippen LogP contribution in [-0.4, -0.2) is 52.3 Å². The fourth-order valence-electron chi connectivity index (χ4n) is 2.24. The lowest BCUT2D eigenvalue weighted by atomic mass is 9.79. The van der Waals surface area contributed by atoms with Crippen molar-refractivity contribution in [1.82, 2.24) is 10.2 Å². The van der Waals surface area contributed by atoms with Crippen LogP contribution in [0.4, 0.5) is 0 Å². The largest absolute Gasteiger partial charge is 0.381 e. The molecule has 1 N–H and O–H groups in total. The van der Waals surface area contributed by atoms with Gasteiger partial charge >= 0.3 is 0 Å².